The largest absolute Gasteiger partial charge is 0.478 e. The van der Waals surface area contributed by atoms with Crippen molar-refractivity contribution in [3.05, 3.63) is 41.7 Å². The number of carbonyl (C=O) groups is 1. The maximum absolute atomic E-state index is 13.0. The third-order valence-electron chi connectivity index (χ3n) is 1.80. The van der Waals surface area contributed by atoms with E-state index in [2.05, 4.69) is 5.32 Å². The van der Waals surface area contributed by atoms with Crippen LogP contribution in [0.25, 0.3) is 0 Å². The van der Waals surface area contributed by atoms with Gasteiger partial charge in [-0.05, 0) is 25.1 Å². The van der Waals surface area contributed by atoms with E-state index in [9.17, 15) is 9.18 Å². The lowest BCUT2D eigenvalue weighted by atomic mass is 10.2. The van der Waals surface area contributed by atoms with Crippen LogP contribution in [0, 0.1) is 5.82 Å². The average molecular weight is 209 g/mol. The zero-order chi connectivity index (χ0) is 11.3. The molecular weight excluding hydrogens is 197 g/mol. The summed E-state index contributed by atoms with van der Waals surface area (Å²) in [5.74, 6) is -1.69. The van der Waals surface area contributed by atoms with Crippen molar-refractivity contribution in [3.8, 4) is 0 Å². The molecule has 3 nitrogen and oxygen atoms in total. The van der Waals surface area contributed by atoms with E-state index in [1.807, 2.05) is 19.1 Å². The van der Waals surface area contributed by atoms with E-state index in [-0.39, 0.29) is 5.56 Å². The van der Waals surface area contributed by atoms with E-state index < -0.39 is 11.8 Å². The fourth-order valence-corrected chi connectivity index (χ4v) is 1.11. The Balaban J connectivity index is 2.84. The summed E-state index contributed by atoms with van der Waals surface area (Å²) >= 11 is 0. The molecule has 1 aromatic carbocycles. The van der Waals surface area contributed by atoms with Crippen molar-refractivity contribution in [2.75, 3.05) is 11.9 Å². The molecule has 80 valence electrons. The molecule has 0 unspecified atom stereocenters. The Morgan fingerprint density at radius 3 is 2.87 bits per heavy atom. The molecule has 0 saturated heterocycles. The van der Waals surface area contributed by atoms with Crippen molar-refractivity contribution >= 4 is 11.7 Å². The summed E-state index contributed by atoms with van der Waals surface area (Å²) in [6.07, 6.45) is 3.70. The minimum Gasteiger partial charge on any atom is -0.478 e. The SMILES string of the molecule is C/C=C/CNc1cc(F)cc(C(=O)O)c1. The zero-order valence-corrected chi connectivity index (χ0v) is 8.33. The molecule has 0 radical (unpaired) electrons. The van der Waals surface area contributed by atoms with Gasteiger partial charge in [-0.2, -0.15) is 0 Å². The number of hydrogen-bond acceptors (Lipinski definition) is 2. The normalized spacial score (nSPS) is 10.5. The molecular formula is C11H12FNO2. The van der Waals surface area contributed by atoms with Crippen LogP contribution in [-0.4, -0.2) is 17.6 Å². The second-order valence-electron chi connectivity index (χ2n) is 2.98. The van der Waals surface area contributed by atoms with Gasteiger partial charge in [-0.1, -0.05) is 12.2 Å². The van der Waals surface area contributed by atoms with Crippen molar-refractivity contribution < 1.29 is 14.3 Å². The Hall–Kier alpha value is -1.84. The van der Waals surface area contributed by atoms with E-state index in [0.29, 0.717) is 12.2 Å². The molecule has 0 heterocycles. The van der Waals surface area contributed by atoms with Crippen LogP contribution in [0.1, 0.15) is 17.3 Å². The van der Waals surface area contributed by atoms with Crippen molar-refractivity contribution in [2.45, 2.75) is 6.92 Å². The van der Waals surface area contributed by atoms with Gasteiger partial charge < -0.3 is 10.4 Å². The van der Waals surface area contributed by atoms with Gasteiger partial charge in [0, 0.05) is 12.2 Å². The number of anilines is 1. The van der Waals surface area contributed by atoms with E-state index in [1.54, 1.807) is 0 Å². The van der Waals surface area contributed by atoms with Crippen molar-refractivity contribution in [1.82, 2.24) is 0 Å². The van der Waals surface area contributed by atoms with Crippen LogP contribution >= 0.6 is 0 Å². The first-order valence-corrected chi connectivity index (χ1v) is 4.52. The maximum Gasteiger partial charge on any atom is 0.335 e. The van der Waals surface area contributed by atoms with Crippen LogP contribution in [0.3, 0.4) is 0 Å². The number of halogens is 1. The molecule has 0 saturated carbocycles. The van der Waals surface area contributed by atoms with Gasteiger partial charge in [0.2, 0.25) is 0 Å². The lowest BCUT2D eigenvalue weighted by Gasteiger charge is -2.04. The molecule has 0 fully saturated rings. The summed E-state index contributed by atoms with van der Waals surface area (Å²) in [7, 11) is 0. The highest BCUT2D eigenvalue weighted by atomic mass is 19.1. The predicted octanol–water partition coefficient (Wildman–Crippen LogP) is 2.51. The Kier molecular flexibility index (Phi) is 3.85. The lowest BCUT2D eigenvalue weighted by Crippen LogP contribution is -2.02. The molecule has 0 bridgehead atoms. The molecule has 1 aromatic rings. The predicted molar refractivity (Wildman–Crippen MR) is 56.7 cm³/mol. The van der Waals surface area contributed by atoms with Crippen molar-refractivity contribution in [2.24, 2.45) is 0 Å². The zero-order valence-electron chi connectivity index (χ0n) is 8.33. The first-order valence-electron chi connectivity index (χ1n) is 4.52. The molecule has 15 heavy (non-hydrogen) atoms. The van der Waals surface area contributed by atoms with Gasteiger partial charge in [0.15, 0.2) is 0 Å². The Bertz CT molecular complexity index is 388. The highest BCUT2D eigenvalue weighted by molar-refractivity contribution is 5.88. The third kappa shape index (κ3) is 3.42. The monoisotopic (exact) mass is 209 g/mol. The van der Waals surface area contributed by atoms with Gasteiger partial charge in [0.1, 0.15) is 5.82 Å². The second-order valence-corrected chi connectivity index (χ2v) is 2.98. The van der Waals surface area contributed by atoms with E-state index >= 15 is 0 Å². The number of carboxylic acids is 1. The third-order valence-corrected chi connectivity index (χ3v) is 1.80. The van der Waals surface area contributed by atoms with Crippen molar-refractivity contribution in [1.29, 1.82) is 0 Å². The molecule has 0 aliphatic rings. The highest BCUT2D eigenvalue weighted by Gasteiger charge is 2.06. The van der Waals surface area contributed by atoms with Crippen LogP contribution in [0.15, 0.2) is 30.4 Å². The highest BCUT2D eigenvalue weighted by Crippen LogP contribution is 2.13. The number of hydrogen-bond donors (Lipinski definition) is 2. The van der Waals surface area contributed by atoms with Gasteiger partial charge in [-0.3, -0.25) is 0 Å². The number of rotatable bonds is 4. The minimum absolute atomic E-state index is 0.0574. The average Bonchev–Trinajstić information content (AvgIpc) is 2.17. The lowest BCUT2D eigenvalue weighted by molar-refractivity contribution is 0.0696. The molecule has 0 aromatic heterocycles. The van der Waals surface area contributed by atoms with Crippen molar-refractivity contribution in [3.63, 3.8) is 0 Å². The standard InChI is InChI=1S/C11H12FNO2/c1-2-3-4-13-10-6-8(11(14)15)5-9(12)7-10/h2-3,5-7,13H,4H2,1H3,(H,14,15)/b3-2+. The Morgan fingerprint density at radius 1 is 1.53 bits per heavy atom. The molecule has 2 N–H and O–H groups in total. The molecule has 0 spiro atoms. The summed E-state index contributed by atoms with van der Waals surface area (Å²) in [6, 6.07) is 3.65. The number of allylic oxidation sites excluding steroid dienone is 1. The number of benzene rings is 1. The van der Waals surface area contributed by atoms with Gasteiger partial charge in [0.05, 0.1) is 5.56 Å². The fourth-order valence-electron chi connectivity index (χ4n) is 1.11. The van der Waals surface area contributed by atoms with Gasteiger partial charge >= 0.3 is 5.97 Å². The molecule has 1 rings (SSSR count). The molecule has 4 heteroatoms. The number of aromatic carboxylic acids is 1. The van der Waals surface area contributed by atoms with Crippen LogP contribution in [0.2, 0.25) is 0 Å². The van der Waals surface area contributed by atoms with Crippen LogP contribution < -0.4 is 5.32 Å². The molecule has 0 amide bonds. The summed E-state index contributed by atoms with van der Waals surface area (Å²) in [6.45, 7) is 2.41. The van der Waals surface area contributed by atoms with Crippen LogP contribution in [0.5, 0.6) is 0 Å². The van der Waals surface area contributed by atoms with E-state index in [0.717, 1.165) is 6.07 Å². The summed E-state index contributed by atoms with van der Waals surface area (Å²) in [4.78, 5) is 10.6. The molecule has 0 aliphatic heterocycles. The topological polar surface area (TPSA) is 49.3 Å². The van der Waals surface area contributed by atoms with Crippen LogP contribution in [0.4, 0.5) is 10.1 Å². The van der Waals surface area contributed by atoms with Gasteiger partial charge in [0.25, 0.3) is 0 Å². The number of nitrogens with one attached hydrogen (secondary N) is 1. The minimum atomic E-state index is -1.14. The van der Waals surface area contributed by atoms with E-state index in [4.69, 9.17) is 5.11 Å². The maximum atomic E-state index is 13.0. The fraction of sp³-hybridized carbons (Fsp3) is 0.182. The Labute approximate surface area is 87.2 Å². The first-order chi connectivity index (χ1) is 7.13. The quantitative estimate of drug-likeness (QED) is 0.749. The number of carboxylic acid groups (broad SMARTS) is 1. The Morgan fingerprint density at radius 2 is 2.27 bits per heavy atom. The summed E-state index contributed by atoms with van der Waals surface area (Å²) in [5.41, 5.74) is 0.406. The second kappa shape index (κ2) is 5.14. The summed E-state index contributed by atoms with van der Waals surface area (Å²) in [5, 5.41) is 11.6. The molecule has 0 aliphatic carbocycles. The van der Waals surface area contributed by atoms with Gasteiger partial charge in [-0.15, -0.1) is 0 Å². The van der Waals surface area contributed by atoms with E-state index in [1.165, 1.54) is 12.1 Å². The summed E-state index contributed by atoms with van der Waals surface area (Å²) < 4.78 is 13.0. The van der Waals surface area contributed by atoms with Gasteiger partial charge in [-0.25, -0.2) is 9.18 Å². The van der Waals surface area contributed by atoms with Crippen LogP contribution in [-0.2, 0) is 0 Å². The first kappa shape index (κ1) is 11.2. The molecule has 0 atom stereocenters. The smallest absolute Gasteiger partial charge is 0.335 e.